The minimum Gasteiger partial charge on any atom is -0.483 e. The molecule has 3 heteroatoms. The molecular formula is C25H21NO2. The van der Waals surface area contributed by atoms with Crippen LogP contribution in [0.15, 0.2) is 71.5 Å². The van der Waals surface area contributed by atoms with Gasteiger partial charge in [0.2, 0.25) is 0 Å². The first-order valence-electron chi connectivity index (χ1n) is 9.48. The Morgan fingerprint density at radius 3 is 2.43 bits per heavy atom. The van der Waals surface area contributed by atoms with Gasteiger partial charge in [0, 0.05) is 35.1 Å². The number of hydrogen-bond acceptors (Lipinski definition) is 2. The van der Waals surface area contributed by atoms with Crippen molar-refractivity contribution in [2.45, 2.75) is 19.4 Å². The van der Waals surface area contributed by atoms with Crippen molar-refractivity contribution < 1.29 is 4.74 Å². The highest BCUT2D eigenvalue weighted by molar-refractivity contribution is 6.05. The Labute approximate surface area is 163 Å². The van der Waals surface area contributed by atoms with Gasteiger partial charge in [-0.2, -0.15) is 0 Å². The van der Waals surface area contributed by atoms with E-state index in [4.69, 9.17) is 4.74 Å². The lowest BCUT2D eigenvalue weighted by molar-refractivity contribution is 0.159. The first kappa shape index (κ1) is 16.8. The summed E-state index contributed by atoms with van der Waals surface area (Å²) >= 11 is 0. The van der Waals surface area contributed by atoms with Gasteiger partial charge in [0.05, 0.1) is 11.3 Å². The summed E-state index contributed by atoms with van der Waals surface area (Å²) in [5, 5.41) is 1.07. The van der Waals surface area contributed by atoms with Gasteiger partial charge in [-0.15, -0.1) is 0 Å². The van der Waals surface area contributed by atoms with E-state index in [0.717, 1.165) is 38.9 Å². The molecule has 0 atom stereocenters. The third-order valence-electron chi connectivity index (χ3n) is 5.47. The van der Waals surface area contributed by atoms with Crippen LogP contribution in [-0.4, -0.2) is 10.2 Å². The second-order valence-corrected chi connectivity index (χ2v) is 7.87. The van der Waals surface area contributed by atoms with Gasteiger partial charge in [-0.25, -0.2) is 0 Å². The van der Waals surface area contributed by atoms with Crippen LogP contribution in [-0.2, 0) is 7.05 Å². The Bertz CT molecular complexity index is 1280. The van der Waals surface area contributed by atoms with E-state index in [-0.39, 0.29) is 5.43 Å². The zero-order chi connectivity index (χ0) is 19.5. The van der Waals surface area contributed by atoms with Crippen LogP contribution in [0.1, 0.15) is 19.4 Å². The quantitative estimate of drug-likeness (QED) is 0.416. The summed E-state index contributed by atoms with van der Waals surface area (Å²) in [6.07, 6.45) is 4.14. The number of para-hydroxylation sites is 1. The standard InChI is InChI=1S/C25H21NO2/c1-25(2)14-13-18-21(28-25)15-20(27)23-22(16-9-5-4-6-10-16)17-11-7-8-12-19(17)26(3)24(18)23/h4-15H,1-3H3. The van der Waals surface area contributed by atoms with Crippen molar-refractivity contribution in [2.75, 3.05) is 0 Å². The van der Waals surface area contributed by atoms with Crippen molar-refractivity contribution >= 4 is 17.0 Å². The van der Waals surface area contributed by atoms with Gasteiger partial charge in [0.1, 0.15) is 11.4 Å². The highest BCUT2D eigenvalue weighted by atomic mass is 16.5. The van der Waals surface area contributed by atoms with Crippen LogP contribution < -0.4 is 10.2 Å². The number of hydrogen-bond donors (Lipinski definition) is 0. The molecule has 0 saturated heterocycles. The largest absolute Gasteiger partial charge is 0.483 e. The Morgan fingerprint density at radius 1 is 0.929 bits per heavy atom. The van der Waals surface area contributed by atoms with Crippen molar-refractivity contribution in [3.8, 4) is 28.1 Å². The zero-order valence-electron chi connectivity index (χ0n) is 16.2. The van der Waals surface area contributed by atoms with E-state index < -0.39 is 5.60 Å². The van der Waals surface area contributed by atoms with Gasteiger partial charge in [-0.3, -0.25) is 4.79 Å². The monoisotopic (exact) mass is 367 g/mol. The SMILES string of the molecule is Cn1c2c3c(cc(=O)c-2c(-c2ccccc2)c2ccccc21)OC(C)(C)C=C3. The summed E-state index contributed by atoms with van der Waals surface area (Å²) in [6.45, 7) is 3.99. The topological polar surface area (TPSA) is 31.2 Å². The molecule has 0 radical (unpaired) electrons. The predicted molar refractivity (Wildman–Crippen MR) is 115 cm³/mol. The molecule has 0 unspecified atom stereocenters. The van der Waals surface area contributed by atoms with Gasteiger partial charge in [0.25, 0.3) is 0 Å². The first-order valence-corrected chi connectivity index (χ1v) is 9.48. The molecule has 5 rings (SSSR count). The molecule has 0 N–H and O–H groups in total. The second-order valence-electron chi connectivity index (χ2n) is 7.87. The Morgan fingerprint density at radius 2 is 1.64 bits per heavy atom. The molecule has 1 aliphatic carbocycles. The number of fused-ring (bicyclic) bond motifs is 4. The number of aryl methyl sites for hydroxylation is 1. The van der Waals surface area contributed by atoms with E-state index in [1.807, 2.05) is 51.2 Å². The minimum atomic E-state index is -0.426. The van der Waals surface area contributed by atoms with Crippen molar-refractivity contribution in [1.82, 2.24) is 4.57 Å². The van der Waals surface area contributed by atoms with Crippen molar-refractivity contribution in [2.24, 2.45) is 7.05 Å². The molecule has 0 fully saturated rings. The lowest BCUT2D eigenvalue weighted by atomic mass is 9.88. The number of aromatic nitrogens is 1. The minimum absolute atomic E-state index is 0.0138. The summed E-state index contributed by atoms with van der Waals surface area (Å²) in [5.41, 5.74) is 5.27. The van der Waals surface area contributed by atoms with Gasteiger partial charge < -0.3 is 9.30 Å². The van der Waals surface area contributed by atoms with Crippen LogP contribution >= 0.6 is 0 Å². The van der Waals surface area contributed by atoms with Crippen molar-refractivity contribution in [3.05, 3.63) is 82.5 Å². The fourth-order valence-electron chi connectivity index (χ4n) is 4.21. The summed E-state index contributed by atoms with van der Waals surface area (Å²) in [6, 6.07) is 20.0. The van der Waals surface area contributed by atoms with E-state index in [0.29, 0.717) is 5.75 Å². The van der Waals surface area contributed by atoms with E-state index in [1.54, 1.807) is 6.07 Å². The summed E-state index contributed by atoms with van der Waals surface area (Å²) < 4.78 is 8.24. The molecule has 3 aliphatic rings. The lowest BCUT2D eigenvalue weighted by Crippen LogP contribution is -2.29. The maximum atomic E-state index is 13.3. The molecule has 0 aromatic heterocycles. The lowest BCUT2D eigenvalue weighted by Gasteiger charge is -2.31. The van der Waals surface area contributed by atoms with E-state index in [9.17, 15) is 4.79 Å². The number of pyridine rings is 1. The Hall–Kier alpha value is -3.33. The fraction of sp³-hybridized carbons (Fsp3) is 0.160. The maximum absolute atomic E-state index is 13.3. The van der Waals surface area contributed by atoms with Crippen LogP contribution in [0.25, 0.3) is 39.4 Å². The third kappa shape index (κ3) is 2.40. The molecule has 0 spiro atoms. The highest BCUT2D eigenvalue weighted by Crippen LogP contribution is 2.44. The summed E-state index contributed by atoms with van der Waals surface area (Å²) in [5.74, 6) is 0.648. The summed E-state index contributed by atoms with van der Waals surface area (Å²) in [4.78, 5) is 13.3. The fourth-order valence-corrected chi connectivity index (χ4v) is 4.21. The number of rotatable bonds is 1. The van der Waals surface area contributed by atoms with E-state index in [1.165, 1.54) is 0 Å². The molecule has 138 valence electrons. The van der Waals surface area contributed by atoms with E-state index >= 15 is 0 Å². The molecule has 3 nitrogen and oxygen atoms in total. The second kappa shape index (κ2) is 5.83. The van der Waals surface area contributed by atoms with Crippen LogP contribution in [0.4, 0.5) is 0 Å². The molecule has 2 aromatic rings. The van der Waals surface area contributed by atoms with Crippen LogP contribution in [0.2, 0.25) is 0 Å². The van der Waals surface area contributed by atoms with Crippen LogP contribution in [0.3, 0.4) is 0 Å². The van der Waals surface area contributed by atoms with Crippen molar-refractivity contribution in [1.29, 1.82) is 0 Å². The number of ether oxygens (including phenoxy) is 1. The molecule has 0 saturated carbocycles. The van der Waals surface area contributed by atoms with Crippen LogP contribution in [0, 0.1) is 0 Å². The van der Waals surface area contributed by atoms with Gasteiger partial charge in [-0.1, -0.05) is 48.5 Å². The molecular weight excluding hydrogens is 346 g/mol. The highest BCUT2D eigenvalue weighted by Gasteiger charge is 2.29. The van der Waals surface area contributed by atoms with Gasteiger partial charge in [-0.05, 0) is 37.6 Å². The number of nitrogens with zero attached hydrogens (tertiary/aromatic N) is 1. The molecule has 28 heavy (non-hydrogen) atoms. The maximum Gasteiger partial charge on any atom is 0.192 e. The number of benzene rings is 3. The molecule has 0 amide bonds. The Balaban J connectivity index is 2.01. The van der Waals surface area contributed by atoms with Crippen LogP contribution in [0.5, 0.6) is 5.75 Å². The molecule has 2 aromatic carbocycles. The smallest absolute Gasteiger partial charge is 0.192 e. The Kier molecular flexibility index (Phi) is 3.50. The van der Waals surface area contributed by atoms with E-state index in [2.05, 4.69) is 41.0 Å². The molecule has 2 heterocycles. The zero-order valence-corrected chi connectivity index (χ0v) is 16.2. The molecule has 0 bridgehead atoms. The normalized spacial score (nSPS) is 14.8. The third-order valence-corrected chi connectivity index (χ3v) is 5.47. The summed E-state index contributed by atoms with van der Waals surface area (Å²) in [7, 11) is 2.02. The first-order chi connectivity index (χ1) is 13.5. The van der Waals surface area contributed by atoms with Gasteiger partial charge >= 0.3 is 0 Å². The van der Waals surface area contributed by atoms with Gasteiger partial charge in [0.15, 0.2) is 5.43 Å². The molecule has 2 aliphatic heterocycles. The average molecular weight is 367 g/mol. The average Bonchev–Trinajstić information content (AvgIpc) is 2.68. The van der Waals surface area contributed by atoms with Crippen molar-refractivity contribution in [3.63, 3.8) is 0 Å². The predicted octanol–water partition coefficient (Wildman–Crippen LogP) is 5.49.